The standard InChI is InChI=1S/C15H13N3O/c16-9-11-4-6-13(7-5-11)15(19)18-14-3-1-2-12(8-14)10-17/h1-8H,10,17H2,(H,18,19). The molecule has 0 aliphatic carbocycles. The Morgan fingerprint density at radius 2 is 1.95 bits per heavy atom. The zero-order chi connectivity index (χ0) is 13.7. The fourth-order valence-electron chi connectivity index (χ4n) is 1.68. The van der Waals surface area contributed by atoms with Crippen LogP contribution in [0.25, 0.3) is 0 Å². The second-order valence-electron chi connectivity index (χ2n) is 4.05. The number of benzene rings is 2. The summed E-state index contributed by atoms with van der Waals surface area (Å²) < 4.78 is 0. The first kappa shape index (κ1) is 12.8. The fourth-order valence-corrected chi connectivity index (χ4v) is 1.68. The van der Waals surface area contributed by atoms with Crippen LogP contribution in [0.5, 0.6) is 0 Å². The summed E-state index contributed by atoms with van der Waals surface area (Å²) in [5, 5.41) is 11.5. The van der Waals surface area contributed by atoms with Gasteiger partial charge < -0.3 is 11.1 Å². The lowest BCUT2D eigenvalue weighted by Gasteiger charge is -2.06. The number of carbonyl (C=O) groups excluding carboxylic acids is 1. The van der Waals surface area contributed by atoms with Gasteiger partial charge in [0.05, 0.1) is 11.6 Å². The lowest BCUT2D eigenvalue weighted by Crippen LogP contribution is -2.12. The van der Waals surface area contributed by atoms with Crippen molar-refractivity contribution in [3.05, 3.63) is 65.2 Å². The van der Waals surface area contributed by atoms with Gasteiger partial charge in [0.2, 0.25) is 0 Å². The number of nitriles is 1. The Labute approximate surface area is 111 Å². The van der Waals surface area contributed by atoms with Gasteiger partial charge in [-0.3, -0.25) is 4.79 Å². The van der Waals surface area contributed by atoms with Gasteiger partial charge in [-0.05, 0) is 42.0 Å². The summed E-state index contributed by atoms with van der Waals surface area (Å²) in [5.74, 6) is -0.210. The third kappa shape index (κ3) is 3.18. The maximum atomic E-state index is 12.0. The van der Waals surface area contributed by atoms with Crippen molar-refractivity contribution in [3.63, 3.8) is 0 Å². The predicted molar refractivity (Wildman–Crippen MR) is 73.4 cm³/mol. The van der Waals surface area contributed by atoms with Crippen molar-refractivity contribution < 1.29 is 4.79 Å². The maximum absolute atomic E-state index is 12.0. The molecule has 0 saturated carbocycles. The number of nitrogens with zero attached hydrogens (tertiary/aromatic N) is 1. The van der Waals surface area contributed by atoms with Gasteiger partial charge >= 0.3 is 0 Å². The highest BCUT2D eigenvalue weighted by Gasteiger charge is 2.06. The van der Waals surface area contributed by atoms with E-state index in [0.717, 1.165) is 5.56 Å². The number of rotatable bonds is 3. The Kier molecular flexibility index (Phi) is 3.91. The number of anilines is 1. The smallest absolute Gasteiger partial charge is 0.255 e. The monoisotopic (exact) mass is 251 g/mol. The van der Waals surface area contributed by atoms with E-state index in [1.165, 1.54) is 0 Å². The number of carbonyl (C=O) groups is 1. The van der Waals surface area contributed by atoms with E-state index in [0.29, 0.717) is 23.4 Å². The second kappa shape index (κ2) is 5.80. The molecule has 94 valence electrons. The van der Waals surface area contributed by atoms with Crippen molar-refractivity contribution in [1.29, 1.82) is 5.26 Å². The van der Waals surface area contributed by atoms with Gasteiger partial charge in [0.1, 0.15) is 0 Å². The molecule has 2 rings (SSSR count). The lowest BCUT2D eigenvalue weighted by molar-refractivity contribution is 0.102. The highest BCUT2D eigenvalue weighted by molar-refractivity contribution is 6.04. The highest BCUT2D eigenvalue weighted by Crippen LogP contribution is 2.12. The summed E-state index contributed by atoms with van der Waals surface area (Å²) in [4.78, 5) is 12.0. The Morgan fingerprint density at radius 3 is 2.58 bits per heavy atom. The van der Waals surface area contributed by atoms with Gasteiger partial charge in [0, 0.05) is 17.8 Å². The van der Waals surface area contributed by atoms with Crippen LogP contribution in [0.15, 0.2) is 48.5 Å². The van der Waals surface area contributed by atoms with Gasteiger partial charge in [0.15, 0.2) is 0 Å². The molecule has 4 heteroatoms. The molecule has 4 nitrogen and oxygen atoms in total. The summed E-state index contributed by atoms with van der Waals surface area (Å²) in [6.45, 7) is 0.431. The Morgan fingerprint density at radius 1 is 1.21 bits per heavy atom. The topological polar surface area (TPSA) is 78.9 Å². The molecule has 2 aromatic rings. The molecule has 0 fully saturated rings. The van der Waals surface area contributed by atoms with E-state index in [9.17, 15) is 4.79 Å². The first-order chi connectivity index (χ1) is 9.22. The molecule has 0 atom stereocenters. The molecule has 3 N–H and O–H groups in total. The summed E-state index contributed by atoms with van der Waals surface area (Å²) in [5.41, 5.74) is 8.25. The first-order valence-electron chi connectivity index (χ1n) is 5.83. The molecule has 0 spiro atoms. The number of hydrogen-bond donors (Lipinski definition) is 2. The molecule has 0 heterocycles. The van der Waals surface area contributed by atoms with Crippen molar-refractivity contribution in [1.82, 2.24) is 0 Å². The van der Waals surface area contributed by atoms with Crippen LogP contribution >= 0.6 is 0 Å². The Balaban J connectivity index is 2.13. The van der Waals surface area contributed by atoms with Crippen LogP contribution < -0.4 is 11.1 Å². The fraction of sp³-hybridized carbons (Fsp3) is 0.0667. The minimum atomic E-state index is -0.210. The normalized spacial score (nSPS) is 9.68. The zero-order valence-corrected chi connectivity index (χ0v) is 10.3. The second-order valence-corrected chi connectivity index (χ2v) is 4.05. The summed E-state index contributed by atoms with van der Waals surface area (Å²) in [6, 6.07) is 15.9. The van der Waals surface area contributed by atoms with E-state index >= 15 is 0 Å². The van der Waals surface area contributed by atoms with Crippen LogP contribution in [0.2, 0.25) is 0 Å². The molecule has 0 aliphatic rings. The minimum Gasteiger partial charge on any atom is -0.326 e. The Hall–Kier alpha value is -2.64. The summed E-state index contributed by atoms with van der Waals surface area (Å²) in [6.07, 6.45) is 0. The molecule has 0 aliphatic heterocycles. The van der Waals surface area contributed by atoms with Crippen molar-refractivity contribution in [2.45, 2.75) is 6.54 Å². The molecule has 2 aromatic carbocycles. The maximum Gasteiger partial charge on any atom is 0.255 e. The van der Waals surface area contributed by atoms with E-state index in [-0.39, 0.29) is 5.91 Å². The van der Waals surface area contributed by atoms with Gasteiger partial charge in [-0.15, -0.1) is 0 Å². The van der Waals surface area contributed by atoms with Gasteiger partial charge in [-0.1, -0.05) is 12.1 Å². The molecule has 0 saturated heterocycles. The van der Waals surface area contributed by atoms with E-state index in [2.05, 4.69) is 5.32 Å². The third-order valence-electron chi connectivity index (χ3n) is 2.70. The van der Waals surface area contributed by atoms with Crippen molar-refractivity contribution >= 4 is 11.6 Å². The average molecular weight is 251 g/mol. The SMILES string of the molecule is N#Cc1ccc(C(=O)Nc2cccc(CN)c2)cc1. The number of nitrogens with two attached hydrogens (primary N) is 1. The molecular weight excluding hydrogens is 238 g/mol. The quantitative estimate of drug-likeness (QED) is 0.878. The van der Waals surface area contributed by atoms with E-state index in [1.807, 2.05) is 24.3 Å². The number of amides is 1. The lowest BCUT2D eigenvalue weighted by atomic mass is 10.1. The molecule has 0 aromatic heterocycles. The van der Waals surface area contributed by atoms with E-state index in [1.54, 1.807) is 30.3 Å². The largest absolute Gasteiger partial charge is 0.326 e. The molecular formula is C15H13N3O. The van der Waals surface area contributed by atoms with Crippen LogP contribution in [-0.4, -0.2) is 5.91 Å². The van der Waals surface area contributed by atoms with Crippen LogP contribution in [0.3, 0.4) is 0 Å². The molecule has 0 radical (unpaired) electrons. The molecule has 0 unspecified atom stereocenters. The van der Waals surface area contributed by atoms with Gasteiger partial charge in [0.25, 0.3) is 5.91 Å². The highest BCUT2D eigenvalue weighted by atomic mass is 16.1. The van der Waals surface area contributed by atoms with E-state index < -0.39 is 0 Å². The first-order valence-corrected chi connectivity index (χ1v) is 5.83. The molecule has 0 bridgehead atoms. The van der Waals surface area contributed by atoms with Crippen LogP contribution in [0.4, 0.5) is 5.69 Å². The molecule has 1 amide bonds. The van der Waals surface area contributed by atoms with Crippen LogP contribution in [0.1, 0.15) is 21.5 Å². The third-order valence-corrected chi connectivity index (χ3v) is 2.70. The van der Waals surface area contributed by atoms with Gasteiger partial charge in [-0.25, -0.2) is 0 Å². The number of hydrogen-bond acceptors (Lipinski definition) is 3. The number of nitrogens with one attached hydrogen (secondary N) is 1. The Bertz CT molecular complexity index is 627. The van der Waals surface area contributed by atoms with Gasteiger partial charge in [-0.2, -0.15) is 5.26 Å². The minimum absolute atomic E-state index is 0.210. The summed E-state index contributed by atoms with van der Waals surface area (Å²) in [7, 11) is 0. The van der Waals surface area contributed by atoms with Crippen LogP contribution in [-0.2, 0) is 6.54 Å². The molecule has 19 heavy (non-hydrogen) atoms. The van der Waals surface area contributed by atoms with E-state index in [4.69, 9.17) is 11.0 Å². The average Bonchev–Trinajstić information content (AvgIpc) is 2.47. The van der Waals surface area contributed by atoms with Crippen molar-refractivity contribution in [3.8, 4) is 6.07 Å². The summed E-state index contributed by atoms with van der Waals surface area (Å²) >= 11 is 0. The van der Waals surface area contributed by atoms with Crippen molar-refractivity contribution in [2.24, 2.45) is 5.73 Å². The zero-order valence-electron chi connectivity index (χ0n) is 10.3. The van der Waals surface area contributed by atoms with Crippen LogP contribution in [0, 0.1) is 11.3 Å². The van der Waals surface area contributed by atoms with Crippen molar-refractivity contribution in [2.75, 3.05) is 5.32 Å². The predicted octanol–water partition coefficient (Wildman–Crippen LogP) is 2.27.